The molecule has 5 nitrogen and oxygen atoms in total. The molecule has 2 aromatic carbocycles. The molecular formula is C22H21NO4. The lowest BCUT2D eigenvalue weighted by atomic mass is 9.75. The van der Waals surface area contributed by atoms with Crippen LogP contribution in [0.2, 0.25) is 0 Å². The summed E-state index contributed by atoms with van der Waals surface area (Å²) < 4.78 is 11.0. The van der Waals surface area contributed by atoms with Crippen LogP contribution >= 0.6 is 0 Å². The Kier molecular flexibility index (Phi) is 4.22. The number of carbonyl (C=O) groups excluding carboxylic acids is 2. The van der Waals surface area contributed by atoms with Crippen molar-refractivity contribution in [1.82, 2.24) is 4.90 Å². The van der Waals surface area contributed by atoms with E-state index >= 15 is 0 Å². The maximum absolute atomic E-state index is 13.1. The van der Waals surface area contributed by atoms with E-state index in [1.165, 1.54) is 6.08 Å². The minimum atomic E-state index is -0.639. The van der Waals surface area contributed by atoms with Gasteiger partial charge in [0.2, 0.25) is 0 Å². The third-order valence-electron chi connectivity index (χ3n) is 5.60. The van der Waals surface area contributed by atoms with E-state index in [-0.39, 0.29) is 5.91 Å². The van der Waals surface area contributed by atoms with E-state index in [9.17, 15) is 9.59 Å². The molecule has 0 bridgehead atoms. The zero-order chi connectivity index (χ0) is 19.0. The second kappa shape index (κ2) is 6.58. The van der Waals surface area contributed by atoms with Crippen molar-refractivity contribution in [2.75, 3.05) is 20.8 Å². The highest BCUT2D eigenvalue weighted by molar-refractivity contribution is 6.01. The first-order valence-corrected chi connectivity index (χ1v) is 8.94. The van der Waals surface area contributed by atoms with Crippen molar-refractivity contribution in [3.63, 3.8) is 0 Å². The third-order valence-corrected chi connectivity index (χ3v) is 5.60. The van der Waals surface area contributed by atoms with Gasteiger partial charge in [0.15, 0.2) is 11.5 Å². The average Bonchev–Trinajstić information content (AvgIpc) is 2.96. The summed E-state index contributed by atoms with van der Waals surface area (Å²) in [7, 11) is 3.23. The zero-order valence-corrected chi connectivity index (χ0v) is 15.4. The number of methoxy groups -OCH3 is 2. The molecular weight excluding hydrogens is 342 g/mol. The van der Waals surface area contributed by atoms with Crippen LogP contribution in [0.5, 0.6) is 11.5 Å². The van der Waals surface area contributed by atoms with Crippen LogP contribution in [0.1, 0.15) is 33.5 Å². The second-order valence-corrected chi connectivity index (χ2v) is 6.75. The predicted octanol–water partition coefficient (Wildman–Crippen LogP) is 3.10. The molecule has 1 unspecified atom stereocenters. The van der Waals surface area contributed by atoms with Gasteiger partial charge in [-0.05, 0) is 53.8 Å². The Balaban J connectivity index is 2.01. The quantitative estimate of drug-likeness (QED) is 0.605. The molecule has 0 fully saturated rings. The van der Waals surface area contributed by atoms with Gasteiger partial charge in [0.1, 0.15) is 6.29 Å². The summed E-state index contributed by atoms with van der Waals surface area (Å²) in [4.78, 5) is 25.9. The largest absolute Gasteiger partial charge is 0.493 e. The van der Waals surface area contributed by atoms with E-state index in [4.69, 9.17) is 9.47 Å². The Morgan fingerprint density at radius 2 is 1.85 bits per heavy atom. The van der Waals surface area contributed by atoms with E-state index in [1.54, 1.807) is 14.2 Å². The van der Waals surface area contributed by atoms with E-state index < -0.39 is 5.54 Å². The summed E-state index contributed by atoms with van der Waals surface area (Å²) in [6.07, 6.45) is 5.36. The monoisotopic (exact) mass is 363 g/mol. The fraction of sp³-hybridized carbons (Fsp3) is 0.273. The lowest BCUT2D eigenvalue weighted by molar-refractivity contribution is -0.104. The Hall–Kier alpha value is -3.08. The summed E-state index contributed by atoms with van der Waals surface area (Å²) in [6, 6.07) is 11.7. The van der Waals surface area contributed by atoms with Crippen LogP contribution in [0.3, 0.4) is 0 Å². The molecule has 0 radical (unpaired) electrons. The molecule has 4 rings (SSSR count). The van der Waals surface area contributed by atoms with Crippen LogP contribution in [-0.2, 0) is 16.8 Å². The maximum Gasteiger partial charge on any atom is 0.255 e. The normalized spacial score (nSPS) is 20.2. The molecule has 0 saturated heterocycles. The van der Waals surface area contributed by atoms with Crippen LogP contribution < -0.4 is 9.47 Å². The van der Waals surface area contributed by atoms with Crippen LogP contribution in [0.25, 0.3) is 0 Å². The van der Waals surface area contributed by atoms with E-state index in [0.717, 1.165) is 35.0 Å². The van der Waals surface area contributed by atoms with Gasteiger partial charge in [-0.1, -0.05) is 24.3 Å². The van der Waals surface area contributed by atoms with Crippen molar-refractivity contribution in [3.8, 4) is 11.5 Å². The fourth-order valence-electron chi connectivity index (χ4n) is 4.45. The Morgan fingerprint density at radius 3 is 2.59 bits per heavy atom. The van der Waals surface area contributed by atoms with Crippen molar-refractivity contribution in [2.24, 2.45) is 0 Å². The molecule has 0 N–H and O–H groups in total. The molecule has 5 heteroatoms. The lowest BCUT2D eigenvalue weighted by Gasteiger charge is -2.44. The number of benzene rings is 2. The van der Waals surface area contributed by atoms with E-state index in [2.05, 4.69) is 0 Å². The summed E-state index contributed by atoms with van der Waals surface area (Å²) in [5.74, 6) is 1.35. The molecule has 2 aliphatic heterocycles. The first-order valence-electron chi connectivity index (χ1n) is 8.94. The standard InChI is InChI=1S/C22H21NO4/c1-26-19-13-15-9-11-23-21(25)16-7-3-4-8-17(16)22(23,10-5-6-12-24)18(15)14-20(19)27-2/h3-8,12-14H,9-11H2,1-2H3/b6-5+. The number of hydrogen-bond acceptors (Lipinski definition) is 4. The SMILES string of the molecule is COc1cc2c(cc1OC)C1(C/C=C/C=O)c3ccccc3C(=O)N1CC2. The van der Waals surface area contributed by atoms with E-state index in [0.29, 0.717) is 24.5 Å². The predicted molar refractivity (Wildman–Crippen MR) is 101 cm³/mol. The number of nitrogens with zero attached hydrogens (tertiary/aromatic N) is 1. The van der Waals surface area contributed by atoms with Crippen LogP contribution in [0.4, 0.5) is 0 Å². The van der Waals surface area contributed by atoms with Gasteiger partial charge in [-0.3, -0.25) is 9.59 Å². The minimum Gasteiger partial charge on any atom is -0.493 e. The Bertz CT molecular complexity index is 949. The highest BCUT2D eigenvalue weighted by Crippen LogP contribution is 2.52. The van der Waals surface area contributed by atoms with Gasteiger partial charge in [0.25, 0.3) is 5.91 Å². The smallest absolute Gasteiger partial charge is 0.255 e. The van der Waals surface area contributed by atoms with Crippen LogP contribution in [0.15, 0.2) is 48.6 Å². The molecule has 0 aromatic heterocycles. The van der Waals surface area contributed by atoms with Crippen molar-refractivity contribution < 1.29 is 19.1 Å². The van der Waals surface area contributed by atoms with Gasteiger partial charge >= 0.3 is 0 Å². The third kappa shape index (κ3) is 2.38. The highest BCUT2D eigenvalue weighted by Gasteiger charge is 2.52. The summed E-state index contributed by atoms with van der Waals surface area (Å²) in [5.41, 5.74) is 3.21. The summed E-state index contributed by atoms with van der Waals surface area (Å²) in [5, 5.41) is 0. The maximum atomic E-state index is 13.1. The molecule has 1 atom stereocenters. The van der Waals surface area contributed by atoms with Gasteiger partial charge in [-0.25, -0.2) is 0 Å². The number of ether oxygens (including phenoxy) is 2. The van der Waals surface area contributed by atoms with Gasteiger partial charge in [-0.2, -0.15) is 0 Å². The number of allylic oxidation sites excluding steroid dienone is 1. The lowest BCUT2D eigenvalue weighted by Crippen LogP contribution is -2.49. The summed E-state index contributed by atoms with van der Waals surface area (Å²) >= 11 is 0. The number of fused-ring (bicyclic) bond motifs is 5. The Morgan fingerprint density at radius 1 is 1.11 bits per heavy atom. The second-order valence-electron chi connectivity index (χ2n) is 6.75. The van der Waals surface area contributed by atoms with Gasteiger partial charge < -0.3 is 14.4 Å². The topological polar surface area (TPSA) is 55.8 Å². The van der Waals surface area contributed by atoms with E-state index in [1.807, 2.05) is 47.4 Å². The molecule has 0 aliphatic carbocycles. The highest BCUT2D eigenvalue weighted by atomic mass is 16.5. The number of amides is 1. The van der Waals surface area contributed by atoms with Crippen molar-refractivity contribution in [3.05, 3.63) is 70.8 Å². The number of hydrogen-bond donors (Lipinski definition) is 0. The molecule has 0 spiro atoms. The molecule has 2 aromatic rings. The Labute approximate surface area is 158 Å². The van der Waals surface area contributed by atoms with Crippen LogP contribution in [-0.4, -0.2) is 37.9 Å². The first-order chi connectivity index (χ1) is 13.2. The van der Waals surface area contributed by atoms with Crippen molar-refractivity contribution >= 4 is 12.2 Å². The van der Waals surface area contributed by atoms with Gasteiger partial charge in [-0.15, -0.1) is 0 Å². The molecule has 2 aliphatic rings. The molecule has 27 heavy (non-hydrogen) atoms. The molecule has 138 valence electrons. The zero-order valence-electron chi connectivity index (χ0n) is 15.4. The van der Waals surface area contributed by atoms with Crippen molar-refractivity contribution in [2.45, 2.75) is 18.4 Å². The number of rotatable bonds is 5. The fourth-order valence-corrected chi connectivity index (χ4v) is 4.45. The van der Waals surface area contributed by atoms with Gasteiger partial charge in [0, 0.05) is 12.1 Å². The molecule has 2 heterocycles. The average molecular weight is 363 g/mol. The first kappa shape index (κ1) is 17.3. The molecule has 1 amide bonds. The van der Waals surface area contributed by atoms with Crippen molar-refractivity contribution in [1.29, 1.82) is 0 Å². The van der Waals surface area contributed by atoms with Gasteiger partial charge in [0.05, 0.1) is 19.8 Å². The number of carbonyl (C=O) groups is 2. The molecule has 0 saturated carbocycles. The minimum absolute atomic E-state index is 0.0329. The summed E-state index contributed by atoms with van der Waals surface area (Å²) in [6.45, 7) is 0.616. The van der Waals surface area contributed by atoms with Crippen LogP contribution in [0, 0.1) is 0 Å². The number of aldehydes is 1.